The number of carbonyl (C=O) groups excluding carboxylic acids is 1. The monoisotopic (exact) mass is 403 g/mol. The molecule has 5 rings (SSSR count). The molecular formula is C25H29N3O2. The Kier molecular flexibility index (Phi) is 4.99. The van der Waals surface area contributed by atoms with Crippen molar-refractivity contribution in [3.8, 4) is 0 Å². The van der Waals surface area contributed by atoms with Gasteiger partial charge >= 0.3 is 6.09 Å². The number of alkyl carbamates (subject to hydrolysis) is 1. The van der Waals surface area contributed by atoms with Gasteiger partial charge in [0.05, 0.1) is 0 Å². The van der Waals surface area contributed by atoms with Gasteiger partial charge in [-0.15, -0.1) is 0 Å². The van der Waals surface area contributed by atoms with E-state index in [0.717, 1.165) is 24.9 Å². The van der Waals surface area contributed by atoms with Crippen molar-refractivity contribution >= 4 is 17.0 Å². The maximum atomic E-state index is 12.2. The molecule has 1 N–H and O–H groups in total. The quantitative estimate of drug-likeness (QED) is 0.714. The van der Waals surface area contributed by atoms with Crippen LogP contribution in [0.3, 0.4) is 0 Å². The van der Waals surface area contributed by atoms with Crippen molar-refractivity contribution in [3.05, 3.63) is 71.4 Å². The van der Waals surface area contributed by atoms with E-state index in [1.807, 2.05) is 30.3 Å². The van der Waals surface area contributed by atoms with Gasteiger partial charge in [0.1, 0.15) is 6.61 Å². The van der Waals surface area contributed by atoms with Crippen LogP contribution in [0.5, 0.6) is 0 Å². The molecule has 5 heteroatoms. The molecule has 1 saturated heterocycles. The highest BCUT2D eigenvalue weighted by Gasteiger charge is 2.39. The number of hydrogen-bond acceptors (Lipinski definition) is 3. The van der Waals surface area contributed by atoms with Crippen molar-refractivity contribution in [3.63, 3.8) is 0 Å². The SMILES string of the molecule is CN1C[C@H](CNC(=O)OCc2ccccc2)C[C@H]2c3cccc4c3c(cn4C)C[C@@H]21. The molecule has 0 saturated carbocycles. The second-order valence-corrected chi connectivity index (χ2v) is 8.87. The van der Waals surface area contributed by atoms with E-state index in [2.05, 4.69) is 53.3 Å². The molecule has 2 aliphatic rings. The third-order valence-electron chi connectivity index (χ3n) is 6.87. The molecule has 0 radical (unpaired) electrons. The number of likely N-dealkylation sites (tertiary alicyclic amines) is 1. The molecule has 1 amide bonds. The largest absolute Gasteiger partial charge is 0.445 e. The first kappa shape index (κ1) is 19.2. The molecule has 3 aromatic rings. The maximum absolute atomic E-state index is 12.2. The summed E-state index contributed by atoms with van der Waals surface area (Å²) in [5.74, 6) is 0.926. The van der Waals surface area contributed by atoms with Crippen LogP contribution in [-0.4, -0.2) is 41.7 Å². The molecule has 1 fully saturated rings. The summed E-state index contributed by atoms with van der Waals surface area (Å²) < 4.78 is 7.64. The number of nitrogens with one attached hydrogen (secondary N) is 1. The number of fused-ring (bicyclic) bond motifs is 2. The standard InChI is InChI=1S/C25H29N3O2/c1-27-14-18(13-26-25(29)30-16-17-7-4-3-5-8-17)11-21-20-9-6-10-22-24(20)19(12-23(21)27)15-28(22)2/h3-10,15,18,21,23H,11-14,16H2,1-2H3,(H,26,29)/t18-,21-,23-/m0/s1. The summed E-state index contributed by atoms with van der Waals surface area (Å²) >= 11 is 0. The van der Waals surface area contributed by atoms with Gasteiger partial charge in [-0.1, -0.05) is 42.5 Å². The minimum Gasteiger partial charge on any atom is -0.445 e. The zero-order valence-corrected chi connectivity index (χ0v) is 17.7. The van der Waals surface area contributed by atoms with Crippen LogP contribution >= 0.6 is 0 Å². The molecule has 5 nitrogen and oxygen atoms in total. The molecule has 1 aromatic heterocycles. The molecule has 156 valence electrons. The molecule has 2 heterocycles. The normalized spacial score (nSPS) is 23.2. The maximum Gasteiger partial charge on any atom is 0.407 e. The average molecular weight is 404 g/mol. The Morgan fingerprint density at radius 2 is 1.97 bits per heavy atom. The number of piperidine rings is 1. The fraction of sp³-hybridized carbons (Fsp3) is 0.400. The zero-order chi connectivity index (χ0) is 20.7. The van der Waals surface area contributed by atoms with E-state index >= 15 is 0 Å². The van der Waals surface area contributed by atoms with Crippen molar-refractivity contribution in [1.82, 2.24) is 14.8 Å². The number of benzene rings is 2. The molecule has 0 unspecified atom stereocenters. The summed E-state index contributed by atoms with van der Waals surface area (Å²) in [7, 11) is 4.37. The van der Waals surface area contributed by atoms with Gasteiger partial charge in [0.25, 0.3) is 0 Å². The summed E-state index contributed by atoms with van der Waals surface area (Å²) in [6.45, 7) is 1.96. The van der Waals surface area contributed by atoms with Crippen LogP contribution in [0.15, 0.2) is 54.7 Å². The van der Waals surface area contributed by atoms with Gasteiger partial charge in [-0.2, -0.15) is 0 Å². The number of likely N-dealkylation sites (N-methyl/N-ethyl adjacent to an activating group) is 1. The first-order valence-electron chi connectivity index (χ1n) is 10.8. The van der Waals surface area contributed by atoms with E-state index in [1.54, 1.807) is 0 Å². The Bertz CT molecular complexity index is 1060. The molecule has 3 atom stereocenters. The number of aromatic nitrogens is 1. The predicted octanol–water partition coefficient (Wildman–Crippen LogP) is 4.06. The van der Waals surface area contributed by atoms with Gasteiger partial charge in [-0.25, -0.2) is 4.79 Å². The molecule has 1 aliphatic carbocycles. The Hall–Kier alpha value is -2.79. The van der Waals surface area contributed by atoms with E-state index in [-0.39, 0.29) is 6.09 Å². The Labute approximate surface area is 177 Å². The van der Waals surface area contributed by atoms with Crippen LogP contribution in [0.2, 0.25) is 0 Å². The lowest BCUT2D eigenvalue weighted by Crippen LogP contribution is -2.50. The molecule has 30 heavy (non-hydrogen) atoms. The third-order valence-corrected chi connectivity index (χ3v) is 6.87. The lowest BCUT2D eigenvalue weighted by atomic mass is 9.72. The number of rotatable bonds is 4. The molecular weight excluding hydrogens is 374 g/mol. The van der Waals surface area contributed by atoms with Crippen molar-refractivity contribution in [2.45, 2.75) is 31.4 Å². The molecule has 1 aliphatic heterocycles. The van der Waals surface area contributed by atoms with Gasteiger partial charge < -0.3 is 19.5 Å². The summed E-state index contributed by atoms with van der Waals surface area (Å²) in [4.78, 5) is 14.7. The second kappa shape index (κ2) is 7.80. The van der Waals surface area contributed by atoms with Crippen LogP contribution in [0.25, 0.3) is 10.9 Å². The summed E-state index contributed by atoms with van der Waals surface area (Å²) in [6, 6.07) is 17.0. The predicted molar refractivity (Wildman–Crippen MR) is 119 cm³/mol. The number of amides is 1. The van der Waals surface area contributed by atoms with Crippen LogP contribution in [0.4, 0.5) is 4.79 Å². The molecule has 2 aromatic carbocycles. The van der Waals surface area contributed by atoms with Gasteiger partial charge in [-0.3, -0.25) is 0 Å². The van der Waals surface area contributed by atoms with Crippen LogP contribution < -0.4 is 5.32 Å². The first-order chi connectivity index (χ1) is 14.6. The Balaban J connectivity index is 1.25. The Morgan fingerprint density at radius 1 is 1.13 bits per heavy atom. The minimum atomic E-state index is -0.334. The number of nitrogens with zero attached hydrogens (tertiary/aromatic N) is 2. The first-order valence-corrected chi connectivity index (χ1v) is 10.8. The van der Waals surface area contributed by atoms with Crippen molar-refractivity contribution in [2.75, 3.05) is 20.1 Å². The van der Waals surface area contributed by atoms with E-state index in [9.17, 15) is 4.79 Å². The van der Waals surface area contributed by atoms with Crippen molar-refractivity contribution < 1.29 is 9.53 Å². The van der Waals surface area contributed by atoms with E-state index in [0.29, 0.717) is 31.0 Å². The number of carbonyl (C=O) groups is 1. The van der Waals surface area contributed by atoms with Gasteiger partial charge in [0.15, 0.2) is 0 Å². The van der Waals surface area contributed by atoms with Gasteiger partial charge in [0.2, 0.25) is 0 Å². The molecule has 0 bridgehead atoms. The lowest BCUT2D eigenvalue weighted by Gasteiger charge is -2.45. The smallest absolute Gasteiger partial charge is 0.407 e. The fourth-order valence-corrected chi connectivity index (χ4v) is 5.48. The highest BCUT2D eigenvalue weighted by Crippen LogP contribution is 2.44. The third kappa shape index (κ3) is 3.47. The second-order valence-electron chi connectivity index (χ2n) is 8.87. The summed E-state index contributed by atoms with van der Waals surface area (Å²) in [5, 5.41) is 4.44. The minimum absolute atomic E-state index is 0.306. The van der Waals surface area contributed by atoms with Crippen molar-refractivity contribution in [1.29, 1.82) is 0 Å². The van der Waals surface area contributed by atoms with E-state index in [1.165, 1.54) is 22.0 Å². The number of hydrogen-bond donors (Lipinski definition) is 1. The number of aryl methyl sites for hydroxylation is 1. The fourth-order valence-electron chi connectivity index (χ4n) is 5.48. The highest BCUT2D eigenvalue weighted by molar-refractivity contribution is 5.89. The van der Waals surface area contributed by atoms with Crippen LogP contribution in [-0.2, 0) is 24.8 Å². The highest BCUT2D eigenvalue weighted by atomic mass is 16.5. The van der Waals surface area contributed by atoms with Crippen LogP contribution in [0.1, 0.15) is 29.0 Å². The summed E-state index contributed by atoms with van der Waals surface area (Å²) in [6.07, 6.45) is 4.17. The van der Waals surface area contributed by atoms with Gasteiger partial charge in [-0.05, 0) is 48.6 Å². The average Bonchev–Trinajstić information content (AvgIpc) is 3.09. The molecule has 0 spiro atoms. The topological polar surface area (TPSA) is 46.5 Å². The van der Waals surface area contributed by atoms with E-state index in [4.69, 9.17) is 4.74 Å². The van der Waals surface area contributed by atoms with Crippen LogP contribution in [0, 0.1) is 5.92 Å². The lowest BCUT2D eigenvalue weighted by molar-refractivity contribution is 0.104. The Morgan fingerprint density at radius 3 is 2.80 bits per heavy atom. The van der Waals surface area contributed by atoms with Gasteiger partial charge in [0, 0.05) is 49.2 Å². The summed E-state index contributed by atoms with van der Waals surface area (Å²) in [5.41, 5.74) is 5.27. The van der Waals surface area contributed by atoms with Crippen molar-refractivity contribution in [2.24, 2.45) is 13.0 Å². The van der Waals surface area contributed by atoms with E-state index < -0.39 is 0 Å². The number of ether oxygens (including phenoxy) is 1. The zero-order valence-electron chi connectivity index (χ0n) is 17.7.